The van der Waals surface area contributed by atoms with E-state index in [1.54, 1.807) is 12.1 Å². The first-order valence-electron chi connectivity index (χ1n) is 7.83. The molecule has 0 spiro atoms. The van der Waals surface area contributed by atoms with Crippen molar-refractivity contribution >= 4 is 57.5 Å². The number of benzene rings is 1. The Balaban J connectivity index is 2.37. The van der Waals surface area contributed by atoms with Gasteiger partial charge in [-0.15, -0.1) is 0 Å². The molecule has 0 saturated carbocycles. The molecule has 0 radical (unpaired) electrons. The summed E-state index contributed by atoms with van der Waals surface area (Å²) in [7, 11) is 0. The molecule has 1 fully saturated rings. The third-order valence-electron chi connectivity index (χ3n) is 3.15. The number of carboxylic acid groups (broad SMARTS) is 1. The van der Waals surface area contributed by atoms with E-state index in [0.29, 0.717) is 28.6 Å². The van der Waals surface area contributed by atoms with Crippen LogP contribution in [0.25, 0.3) is 6.08 Å². The fraction of sp³-hybridized carbons (Fsp3) is 0.353. The Morgan fingerprint density at radius 1 is 1.38 bits per heavy atom. The zero-order chi connectivity index (χ0) is 19.4. The fourth-order valence-electron chi connectivity index (χ4n) is 2.21. The molecule has 1 N–H and O–H groups in total. The second kappa shape index (κ2) is 8.76. The standard InChI is InChI=1S/C17H18INO6S/c1-4-24-12-6-10(5-11(18)15(12)25-9(2)3)7-13-16(22)19(8-14(20)21)17(23)26-13/h5-7,9H,4,8H2,1-3H3,(H,20,21)/b13-7+. The number of ether oxygens (including phenoxy) is 2. The Hall–Kier alpha value is -1.75. The number of halogens is 1. The molecule has 0 aliphatic carbocycles. The van der Waals surface area contributed by atoms with Gasteiger partial charge in [0.25, 0.3) is 11.1 Å². The first-order valence-corrected chi connectivity index (χ1v) is 9.72. The Morgan fingerprint density at radius 3 is 2.65 bits per heavy atom. The van der Waals surface area contributed by atoms with Gasteiger partial charge in [0.15, 0.2) is 11.5 Å². The van der Waals surface area contributed by atoms with E-state index in [1.165, 1.54) is 0 Å². The molecule has 9 heteroatoms. The average molecular weight is 491 g/mol. The van der Waals surface area contributed by atoms with Crippen molar-refractivity contribution in [3.8, 4) is 11.5 Å². The molecule has 1 aliphatic rings. The van der Waals surface area contributed by atoms with E-state index in [0.717, 1.165) is 15.3 Å². The van der Waals surface area contributed by atoms with Gasteiger partial charge in [-0.3, -0.25) is 19.3 Å². The van der Waals surface area contributed by atoms with Crippen LogP contribution in [-0.2, 0) is 9.59 Å². The first-order chi connectivity index (χ1) is 12.2. The normalized spacial score (nSPS) is 15.9. The van der Waals surface area contributed by atoms with Gasteiger partial charge in [0.1, 0.15) is 6.54 Å². The average Bonchev–Trinajstić information content (AvgIpc) is 2.78. The number of imide groups is 1. The van der Waals surface area contributed by atoms with Gasteiger partial charge < -0.3 is 14.6 Å². The van der Waals surface area contributed by atoms with Crippen LogP contribution >= 0.6 is 34.4 Å². The molecule has 140 valence electrons. The zero-order valence-electron chi connectivity index (χ0n) is 14.4. The van der Waals surface area contributed by atoms with Crippen LogP contribution in [0.5, 0.6) is 11.5 Å². The fourth-order valence-corrected chi connectivity index (χ4v) is 3.80. The van der Waals surface area contributed by atoms with Crippen LogP contribution in [0.4, 0.5) is 4.79 Å². The van der Waals surface area contributed by atoms with Crippen molar-refractivity contribution in [3.63, 3.8) is 0 Å². The minimum atomic E-state index is -1.24. The highest BCUT2D eigenvalue weighted by Crippen LogP contribution is 2.37. The van der Waals surface area contributed by atoms with Crippen molar-refractivity contribution in [2.24, 2.45) is 0 Å². The number of aliphatic carboxylic acids is 1. The van der Waals surface area contributed by atoms with Crippen molar-refractivity contribution in [3.05, 3.63) is 26.2 Å². The van der Waals surface area contributed by atoms with E-state index in [1.807, 2.05) is 26.8 Å². The molecule has 0 aromatic heterocycles. The van der Waals surface area contributed by atoms with E-state index in [4.69, 9.17) is 14.6 Å². The summed E-state index contributed by atoms with van der Waals surface area (Å²) >= 11 is 2.84. The van der Waals surface area contributed by atoms with Crippen LogP contribution in [0.15, 0.2) is 17.0 Å². The maximum Gasteiger partial charge on any atom is 0.323 e. The SMILES string of the molecule is CCOc1cc(/C=C2/SC(=O)N(CC(=O)O)C2=O)cc(I)c1OC(C)C. The van der Waals surface area contributed by atoms with Gasteiger partial charge in [-0.1, -0.05) is 0 Å². The second-order valence-electron chi connectivity index (χ2n) is 5.59. The number of hydrogen-bond donors (Lipinski definition) is 1. The third kappa shape index (κ3) is 4.91. The molecule has 26 heavy (non-hydrogen) atoms. The largest absolute Gasteiger partial charge is 0.490 e. The van der Waals surface area contributed by atoms with Gasteiger partial charge in [0, 0.05) is 0 Å². The lowest BCUT2D eigenvalue weighted by molar-refractivity contribution is -0.140. The maximum atomic E-state index is 12.3. The van der Waals surface area contributed by atoms with Crippen LogP contribution in [0.3, 0.4) is 0 Å². The minimum absolute atomic E-state index is 0.0268. The lowest BCUT2D eigenvalue weighted by atomic mass is 10.1. The zero-order valence-corrected chi connectivity index (χ0v) is 17.4. The van der Waals surface area contributed by atoms with E-state index >= 15 is 0 Å². The highest BCUT2D eigenvalue weighted by Gasteiger charge is 2.36. The molecule has 1 aromatic carbocycles. The van der Waals surface area contributed by atoms with Gasteiger partial charge >= 0.3 is 5.97 Å². The quantitative estimate of drug-likeness (QED) is 0.460. The molecule has 0 bridgehead atoms. The predicted molar refractivity (Wildman–Crippen MR) is 106 cm³/mol. The summed E-state index contributed by atoms with van der Waals surface area (Å²) in [5.41, 5.74) is 0.662. The molecule has 1 saturated heterocycles. The van der Waals surface area contributed by atoms with Crippen LogP contribution < -0.4 is 9.47 Å². The summed E-state index contributed by atoms with van der Waals surface area (Å²) < 4.78 is 12.2. The molecule has 0 unspecified atom stereocenters. The molecule has 1 aromatic rings. The number of carboxylic acids is 1. The topological polar surface area (TPSA) is 93.1 Å². The van der Waals surface area contributed by atoms with Gasteiger partial charge in [-0.25, -0.2) is 0 Å². The summed E-state index contributed by atoms with van der Waals surface area (Å²) in [5.74, 6) is -0.683. The van der Waals surface area contributed by atoms with Gasteiger partial charge in [-0.2, -0.15) is 0 Å². The molecule has 1 aliphatic heterocycles. The minimum Gasteiger partial charge on any atom is -0.490 e. The van der Waals surface area contributed by atoms with Crippen LogP contribution in [0.1, 0.15) is 26.3 Å². The number of amides is 2. The summed E-state index contributed by atoms with van der Waals surface area (Å²) in [6, 6.07) is 3.54. The Labute approximate surface area is 168 Å². The molecule has 7 nitrogen and oxygen atoms in total. The molecule has 0 atom stereocenters. The van der Waals surface area contributed by atoms with Crippen molar-refractivity contribution in [1.29, 1.82) is 0 Å². The van der Waals surface area contributed by atoms with Gasteiger partial charge in [0.05, 0.1) is 21.2 Å². The van der Waals surface area contributed by atoms with Crippen LogP contribution in [-0.4, -0.2) is 46.4 Å². The number of thioether (sulfide) groups is 1. The predicted octanol–water partition coefficient (Wildman–Crippen LogP) is 3.60. The maximum absolute atomic E-state index is 12.3. The highest BCUT2D eigenvalue weighted by atomic mass is 127. The molecule has 2 rings (SSSR count). The van der Waals surface area contributed by atoms with Gasteiger partial charge in [0.2, 0.25) is 0 Å². The summed E-state index contributed by atoms with van der Waals surface area (Å²) in [4.78, 5) is 35.8. The van der Waals surface area contributed by atoms with Crippen LogP contribution in [0.2, 0.25) is 0 Å². The van der Waals surface area contributed by atoms with Crippen molar-refractivity contribution in [2.45, 2.75) is 26.9 Å². The van der Waals surface area contributed by atoms with Crippen molar-refractivity contribution in [2.75, 3.05) is 13.2 Å². The molecule has 1 heterocycles. The van der Waals surface area contributed by atoms with E-state index in [2.05, 4.69) is 22.6 Å². The first kappa shape index (κ1) is 20.6. The molecular formula is C17H18INO6S. The highest BCUT2D eigenvalue weighted by molar-refractivity contribution is 14.1. The molecule has 2 amide bonds. The number of nitrogens with zero attached hydrogens (tertiary/aromatic N) is 1. The monoisotopic (exact) mass is 491 g/mol. The number of hydrogen-bond acceptors (Lipinski definition) is 6. The van der Waals surface area contributed by atoms with Gasteiger partial charge in [-0.05, 0) is 78.9 Å². The van der Waals surface area contributed by atoms with Crippen molar-refractivity contribution in [1.82, 2.24) is 4.90 Å². The van der Waals surface area contributed by atoms with Crippen LogP contribution in [0, 0.1) is 3.57 Å². The lowest BCUT2D eigenvalue weighted by Crippen LogP contribution is -2.33. The van der Waals surface area contributed by atoms with Crippen molar-refractivity contribution < 1.29 is 29.0 Å². The number of carbonyl (C=O) groups excluding carboxylic acids is 2. The Morgan fingerprint density at radius 2 is 2.08 bits per heavy atom. The number of carbonyl (C=O) groups is 3. The molecular weight excluding hydrogens is 473 g/mol. The summed E-state index contributed by atoms with van der Waals surface area (Å²) in [5, 5.41) is 8.22. The Bertz CT molecular complexity index is 777. The smallest absolute Gasteiger partial charge is 0.323 e. The number of rotatable bonds is 7. The van der Waals surface area contributed by atoms with E-state index in [9.17, 15) is 14.4 Å². The Kier molecular flexibility index (Phi) is 6.93. The van der Waals surface area contributed by atoms with E-state index in [-0.39, 0.29) is 11.0 Å². The second-order valence-corrected chi connectivity index (χ2v) is 7.75. The third-order valence-corrected chi connectivity index (χ3v) is 4.86. The van der Waals surface area contributed by atoms with E-state index < -0.39 is 23.7 Å². The summed E-state index contributed by atoms with van der Waals surface area (Å²) in [6.45, 7) is 5.49. The summed E-state index contributed by atoms with van der Waals surface area (Å²) in [6.07, 6.45) is 1.53. The lowest BCUT2D eigenvalue weighted by Gasteiger charge is -2.17.